The summed E-state index contributed by atoms with van der Waals surface area (Å²) < 4.78 is 1.07. The molecule has 0 atom stereocenters. The third-order valence-corrected chi connectivity index (χ3v) is 3.49. The monoisotopic (exact) mass is 294 g/mol. The van der Waals surface area contributed by atoms with Gasteiger partial charge in [0.05, 0.1) is 0 Å². The number of rotatable bonds is 1. The van der Waals surface area contributed by atoms with E-state index in [1.54, 1.807) is 24.3 Å². The van der Waals surface area contributed by atoms with Crippen molar-refractivity contribution in [1.29, 1.82) is 0 Å². The number of hydrogen-bond acceptors (Lipinski definition) is 6. The Balaban J connectivity index is 2.38. The molecule has 3 aromatic rings. The van der Waals surface area contributed by atoms with Gasteiger partial charge in [0.1, 0.15) is 5.56 Å². The Kier molecular flexibility index (Phi) is 2.65. The zero-order valence-electron chi connectivity index (χ0n) is 9.37. The van der Waals surface area contributed by atoms with Crippen LogP contribution in [0.1, 0.15) is 0 Å². The molecule has 0 aliphatic carbocycles. The lowest BCUT2D eigenvalue weighted by Crippen LogP contribution is -2.17. The SMILES string of the molecule is Nc1nn2c(=O)c(-c3cccc(Cl)c3)c(O)nc2s1. The van der Waals surface area contributed by atoms with E-state index in [0.717, 1.165) is 15.9 Å². The maximum Gasteiger partial charge on any atom is 0.287 e. The molecular weight excluding hydrogens is 288 g/mol. The van der Waals surface area contributed by atoms with Crippen LogP contribution in [0.2, 0.25) is 5.02 Å². The molecule has 0 fully saturated rings. The molecule has 6 nitrogen and oxygen atoms in total. The molecule has 0 bridgehead atoms. The van der Waals surface area contributed by atoms with E-state index in [9.17, 15) is 9.90 Å². The molecule has 0 radical (unpaired) electrons. The van der Waals surface area contributed by atoms with Crippen LogP contribution in [0.3, 0.4) is 0 Å². The first-order chi connectivity index (χ1) is 9.06. The molecule has 96 valence electrons. The number of halogens is 1. The van der Waals surface area contributed by atoms with Crippen molar-refractivity contribution in [2.45, 2.75) is 0 Å². The van der Waals surface area contributed by atoms with Gasteiger partial charge in [0.2, 0.25) is 16.0 Å². The number of aromatic nitrogens is 3. The first-order valence-electron chi connectivity index (χ1n) is 5.20. The van der Waals surface area contributed by atoms with E-state index in [-0.39, 0.29) is 21.5 Å². The number of hydrogen-bond donors (Lipinski definition) is 2. The number of nitrogens with two attached hydrogens (primary N) is 1. The van der Waals surface area contributed by atoms with E-state index < -0.39 is 5.56 Å². The van der Waals surface area contributed by atoms with Gasteiger partial charge in [0.15, 0.2) is 0 Å². The average molecular weight is 295 g/mol. The fraction of sp³-hybridized carbons (Fsp3) is 0. The topological polar surface area (TPSA) is 93.5 Å². The highest BCUT2D eigenvalue weighted by Gasteiger charge is 2.16. The van der Waals surface area contributed by atoms with Crippen LogP contribution in [0.4, 0.5) is 5.13 Å². The van der Waals surface area contributed by atoms with Gasteiger partial charge in [0.25, 0.3) is 5.56 Å². The smallest absolute Gasteiger partial charge is 0.287 e. The fourth-order valence-corrected chi connectivity index (χ4v) is 2.59. The number of anilines is 1. The standard InChI is InChI=1S/C11H7ClN4O2S/c12-6-3-1-2-5(4-6)7-8(17)14-11-16(9(7)18)15-10(13)19-11/h1-4,17H,(H2,13,15). The molecule has 1 aromatic carbocycles. The predicted molar refractivity (Wildman–Crippen MR) is 73.7 cm³/mol. The largest absolute Gasteiger partial charge is 0.493 e. The van der Waals surface area contributed by atoms with Crippen molar-refractivity contribution in [3.05, 3.63) is 39.6 Å². The van der Waals surface area contributed by atoms with Crippen molar-refractivity contribution >= 4 is 33.0 Å². The predicted octanol–water partition coefficient (Wildman–Crippen LogP) is 1.76. The molecular formula is C11H7ClN4O2S. The zero-order chi connectivity index (χ0) is 13.6. The van der Waals surface area contributed by atoms with Gasteiger partial charge < -0.3 is 10.8 Å². The van der Waals surface area contributed by atoms with Gasteiger partial charge in [-0.25, -0.2) is 0 Å². The molecule has 2 heterocycles. The summed E-state index contributed by atoms with van der Waals surface area (Å²) in [6.45, 7) is 0. The second-order valence-corrected chi connectivity index (χ2v) is 5.18. The van der Waals surface area contributed by atoms with Gasteiger partial charge in [0, 0.05) is 5.02 Å². The lowest BCUT2D eigenvalue weighted by atomic mass is 10.1. The van der Waals surface area contributed by atoms with Crippen LogP contribution in [-0.2, 0) is 0 Å². The van der Waals surface area contributed by atoms with Crippen LogP contribution in [0, 0.1) is 0 Å². The van der Waals surface area contributed by atoms with E-state index in [0.29, 0.717) is 10.6 Å². The van der Waals surface area contributed by atoms with Crippen LogP contribution in [0.15, 0.2) is 29.1 Å². The van der Waals surface area contributed by atoms with Crippen molar-refractivity contribution in [2.24, 2.45) is 0 Å². The molecule has 8 heteroatoms. The van der Waals surface area contributed by atoms with Crippen LogP contribution in [-0.4, -0.2) is 19.7 Å². The number of benzene rings is 1. The highest BCUT2D eigenvalue weighted by molar-refractivity contribution is 7.20. The number of nitrogens with zero attached hydrogens (tertiary/aromatic N) is 3. The summed E-state index contributed by atoms with van der Waals surface area (Å²) in [7, 11) is 0. The Labute approximate surface area is 115 Å². The maximum absolute atomic E-state index is 12.3. The lowest BCUT2D eigenvalue weighted by molar-refractivity contribution is 0.455. The Hall–Kier alpha value is -2.12. The summed E-state index contributed by atoms with van der Waals surface area (Å²) in [4.78, 5) is 16.4. The minimum Gasteiger partial charge on any atom is -0.493 e. The molecule has 0 aliphatic heterocycles. The number of nitrogen functional groups attached to an aromatic ring is 1. The molecule has 3 N–H and O–H groups in total. The van der Waals surface area contributed by atoms with Crippen molar-refractivity contribution < 1.29 is 5.11 Å². The van der Waals surface area contributed by atoms with Crippen LogP contribution < -0.4 is 11.3 Å². The summed E-state index contributed by atoms with van der Waals surface area (Å²) in [5.41, 5.74) is 5.56. The Morgan fingerprint density at radius 3 is 2.95 bits per heavy atom. The van der Waals surface area contributed by atoms with Crippen molar-refractivity contribution in [3.8, 4) is 17.0 Å². The second-order valence-electron chi connectivity index (χ2n) is 3.76. The highest BCUT2D eigenvalue weighted by atomic mass is 35.5. The quantitative estimate of drug-likeness (QED) is 0.713. The third kappa shape index (κ3) is 1.92. The summed E-state index contributed by atoms with van der Waals surface area (Å²) in [5, 5.41) is 14.4. The Bertz CT molecular complexity index is 842. The zero-order valence-corrected chi connectivity index (χ0v) is 10.9. The molecule has 0 saturated carbocycles. The molecule has 0 spiro atoms. The van der Waals surface area contributed by atoms with Crippen LogP contribution in [0.25, 0.3) is 16.1 Å². The van der Waals surface area contributed by atoms with E-state index in [2.05, 4.69) is 10.1 Å². The molecule has 2 aromatic heterocycles. The molecule has 3 rings (SSSR count). The minimum absolute atomic E-state index is 0.0466. The highest BCUT2D eigenvalue weighted by Crippen LogP contribution is 2.27. The first kappa shape index (κ1) is 11.9. The van der Waals surface area contributed by atoms with Crippen LogP contribution >= 0.6 is 22.9 Å². The molecule has 0 aliphatic rings. The summed E-state index contributed by atoms with van der Waals surface area (Å²) >= 11 is 6.90. The number of aromatic hydroxyl groups is 1. The maximum atomic E-state index is 12.3. The van der Waals surface area contributed by atoms with Gasteiger partial charge in [-0.3, -0.25) is 4.79 Å². The normalized spacial score (nSPS) is 11.0. The van der Waals surface area contributed by atoms with E-state index >= 15 is 0 Å². The van der Waals surface area contributed by atoms with E-state index in [1.807, 2.05) is 0 Å². The molecule has 0 saturated heterocycles. The van der Waals surface area contributed by atoms with Crippen molar-refractivity contribution in [2.75, 3.05) is 5.73 Å². The second kappa shape index (κ2) is 4.22. The van der Waals surface area contributed by atoms with Gasteiger partial charge in [-0.1, -0.05) is 35.1 Å². The summed E-state index contributed by atoms with van der Waals surface area (Å²) in [6, 6.07) is 6.58. The lowest BCUT2D eigenvalue weighted by Gasteiger charge is -2.03. The summed E-state index contributed by atoms with van der Waals surface area (Å²) in [5.74, 6) is -0.365. The van der Waals surface area contributed by atoms with Crippen LogP contribution in [0.5, 0.6) is 5.88 Å². The van der Waals surface area contributed by atoms with Gasteiger partial charge in [-0.05, 0) is 17.7 Å². The minimum atomic E-state index is -0.488. The van der Waals surface area contributed by atoms with Gasteiger partial charge >= 0.3 is 0 Å². The van der Waals surface area contributed by atoms with Gasteiger partial charge in [-0.15, -0.1) is 5.10 Å². The Morgan fingerprint density at radius 2 is 2.21 bits per heavy atom. The molecule has 19 heavy (non-hydrogen) atoms. The van der Waals surface area contributed by atoms with Gasteiger partial charge in [-0.2, -0.15) is 9.50 Å². The van der Waals surface area contributed by atoms with Crippen molar-refractivity contribution in [1.82, 2.24) is 14.6 Å². The van der Waals surface area contributed by atoms with Crippen molar-refractivity contribution in [3.63, 3.8) is 0 Å². The first-order valence-corrected chi connectivity index (χ1v) is 6.40. The summed E-state index contributed by atoms with van der Waals surface area (Å²) in [6.07, 6.45) is 0. The number of fused-ring (bicyclic) bond motifs is 1. The van der Waals surface area contributed by atoms with E-state index in [4.69, 9.17) is 17.3 Å². The Morgan fingerprint density at radius 1 is 1.42 bits per heavy atom. The molecule has 0 unspecified atom stereocenters. The fourth-order valence-electron chi connectivity index (χ4n) is 1.75. The molecule has 0 amide bonds. The van der Waals surface area contributed by atoms with E-state index in [1.165, 1.54) is 0 Å². The average Bonchev–Trinajstić information content (AvgIpc) is 2.70. The third-order valence-electron chi connectivity index (χ3n) is 2.52.